The number of aromatic nitrogens is 2. The number of aromatic amines is 1. The molecule has 0 aliphatic carbocycles. The highest BCUT2D eigenvalue weighted by molar-refractivity contribution is 5.59. The van der Waals surface area contributed by atoms with Gasteiger partial charge in [0.2, 0.25) is 0 Å². The predicted octanol–water partition coefficient (Wildman–Crippen LogP) is 3.47. The Morgan fingerprint density at radius 3 is 2.74 bits per heavy atom. The molecule has 102 valence electrons. The molecule has 0 spiro atoms. The molecule has 1 aromatic heterocycles. The number of imidazole rings is 1. The molecule has 3 nitrogen and oxygen atoms in total. The summed E-state index contributed by atoms with van der Waals surface area (Å²) in [4.78, 5) is 7.93. The van der Waals surface area contributed by atoms with Crippen LogP contribution in [-0.2, 0) is 0 Å². The molecule has 3 N–H and O–H groups in total. The van der Waals surface area contributed by atoms with Gasteiger partial charge in [-0.25, -0.2) is 4.98 Å². The summed E-state index contributed by atoms with van der Waals surface area (Å²) in [5.41, 5.74) is 9.37. The highest BCUT2D eigenvalue weighted by Gasteiger charge is 2.15. The van der Waals surface area contributed by atoms with Gasteiger partial charge in [-0.05, 0) is 30.9 Å². The normalized spacial score (nSPS) is 12.9. The van der Waals surface area contributed by atoms with Gasteiger partial charge in [0.15, 0.2) is 0 Å². The second-order valence-corrected chi connectivity index (χ2v) is 5.61. The molecule has 0 aliphatic rings. The maximum Gasteiger partial charge on any atom is 0.110 e. The quantitative estimate of drug-likeness (QED) is 0.861. The molecule has 0 bridgehead atoms. The molecule has 1 unspecified atom stereocenters. The van der Waals surface area contributed by atoms with Crippen molar-refractivity contribution in [3.63, 3.8) is 0 Å². The maximum absolute atomic E-state index is 5.87. The number of hydrogen-bond acceptors (Lipinski definition) is 2. The van der Waals surface area contributed by atoms with E-state index in [0.29, 0.717) is 18.4 Å². The van der Waals surface area contributed by atoms with Gasteiger partial charge < -0.3 is 10.7 Å². The summed E-state index contributed by atoms with van der Waals surface area (Å²) in [7, 11) is 0. The van der Waals surface area contributed by atoms with Crippen LogP contribution in [0.25, 0.3) is 11.3 Å². The average molecular weight is 257 g/mol. The van der Waals surface area contributed by atoms with Crippen LogP contribution in [0.4, 0.5) is 0 Å². The number of benzene rings is 1. The second-order valence-electron chi connectivity index (χ2n) is 5.61. The van der Waals surface area contributed by atoms with Gasteiger partial charge >= 0.3 is 0 Å². The smallest absolute Gasteiger partial charge is 0.110 e. The Hall–Kier alpha value is -1.61. The lowest BCUT2D eigenvalue weighted by Crippen LogP contribution is -2.15. The molecule has 19 heavy (non-hydrogen) atoms. The third kappa shape index (κ3) is 3.44. The van der Waals surface area contributed by atoms with Crippen LogP contribution < -0.4 is 5.73 Å². The van der Waals surface area contributed by atoms with Crippen molar-refractivity contribution in [2.24, 2.45) is 11.7 Å². The summed E-state index contributed by atoms with van der Waals surface area (Å²) in [5, 5.41) is 0. The lowest BCUT2D eigenvalue weighted by Gasteiger charge is -2.14. The summed E-state index contributed by atoms with van der Waals surface area (Å²) < 4.78 is 0. The number of nitrogens with one attached hydrogen (secondary N) is 1. The van der Waals surface area contributed by atoms with Crippen molar-refractivity contribution in [1.82, 2.24) is 9.97 Å². The third-order valence-electron chi connectivity index (χ3n) is 3.35. The van der Waals surface area contributed by atoms with E-state index in [9.17, 15) is 0 Å². The minimum atomic E-state index is 0.318. The summed E-state index contributed by atoms with van der Waals surface area (Å²) in [6, 6.07) is 8.43. The van der Waals surface area contributed by atoms with Crippen molar-refractivity contribution in [3.8, 4) is 11.3 Å². The van der Waals surface area contributed by atoms with Crippen molar-refractivity contribution < 1.29 is 0 Å². The first-order chi connectivity index (χ1) is 9.10. The van der Waals surface area contributed by atoms with E-state index >= 15 is 0 Å². The predicted molar refractivity (Wildman–Crippen MR) is 80.0 cm³/mol. The van der Waals surface area contributed by atoms with Crippen LogP contribution in [-0.4, -0.2) is 16.5 Å². The monoisotopic (exact) mass is 257 g/mol. The first-order valence-corrected chi connectivity index (χ1v) is 6.92. The van der Waals surface area contributed by atoms with E-state index in [-0.39, 0.29) is 0 Å². The van der Waals surface area contributed by atoms with Gasteiger partial charge in [-0.1, -0.05) is 37.6 Å². The fourth-order valence-electron chi connectivity index (χ4n) is 2.39. The van der Waals surface area contributed by atoms with E-state index in [1.807, 2.05) is 6.20 Å². The van der Waals surface area contributed by atoms with Gasteiger partial charge in [0.25, 0.3) is 0 Å². The molecule has 1 aromatic carbocycles. The Kier molecular flexibility index (Phi) is 4.38. The van der Waals surface area contributed by atoms with Crippen molar-refractivity contribution in [2.45, 2.75) is 33.1 Å². The van der Waals surface area contributed by atoms with Crippen LogP contribution in [0.15, 0.2) is 30.5 Å². The van der Waals surface area contributed by atoms with E-state index in [0.717, 1.165) is 17.9 Å². The number of nitrogens with zero attached hydrogens (tertiary/aromatic N) is 1. The van der Waals surface area contributed by atoms with Gasteiger partial charge in [0.1, 0.15) is 5.82 Å². The van der Waals surface area contributed by atoms with Crippen molar-refractivity contribution in [1.29, 1.82) is 0 Å². The van der Waals surface area contributed by atoms with Gasteiger partial charge in [-0.15, -0.1) is 0 Å². The Morgan fingerprint density at radius 1 is 1.32 bits per heavy atom. The van der Waals surface area contributed by atoms with E-state index in [2.05, 4.69) is 55.0 Å². The minimum absolute atomic E-state index is 0.318. The number of aryl methyl sites for hydroxylation is 1. The summed E-state index contributed by atoms with van der Waals surface area (Å²) >= 11 is 0. The third-order valence-corrected chi connectivity index (χ3v) is 3.35. The van der Waals surface area contributed by atoms with Crippen molar-refractivity contribution in [3.05, 3.63) is 41.9 Å². The van der Waals surface area contributed by atoms with Gasteiger partial charge in [-0.3, -0.25) is 0 Å². The number of nitrogens with two attached hydrogens (primary N) is 1. The molecule has 0 radical (unpaired) electrons. The summed E-state index contributed by atoms with van der Waals surface area (Å²) in [6.45, 7) is 7.17. The van der Waals surface area contributed by atoms with Gasteiger partial charge in [0, 0.05) is 12.5 Å². The zero-order chi connectivity index (χ0) is 13.8. The van der Waals surface area contributed by atoms with Crippen LogP contribution in [0, 0.1) is 12.8 Å². The lowest BCUT2D eigenvalue weighted by molar-refractivity contribution is 0.490. The van der Waals surface area contributed by atoms with Crippen molar-refractivity contribution >= 4 is 0 Å². The van der Waals surface area contributed by atoms with Crippen LogP contribution in [0.3, 0.4) is 0 Å². The largest absolute Gasteiger partial charge is 0.342 e. The zero-order valence-corrected chi connectivity index (χ0v) is 12.0. The van der Waals surface area contributed by atoms with Crippen LogP contribution in [0.5, 0.6) is 0 Å². The highest BCUT2D eigenvalue weighted by atomic mass is 14.9. The van der Waals surface area contributed by atoms with Crippen molar-refractivity contribution in [2.75, 3.05) is 6.54 Å². The average Bonchev–Trinajstić information content (AvgIpc) is 2.85. The van der Waals surface area contributed by atoms with Crippen LogP contribution in [0.2, 0.25) is 0 Å². The molecule has 1 atom stereocenters. The Labute approximate surface area is 115 Å². The minimum Gasteiger partial charge on any atom is -0.342 e. The van der Waals surface area contributed by atoms with E-state index in [4.69, 9.17) is 5.73 Å². The fourth-order valence-corrected chi connectivity index (χ4v) is 2.39. The van der Waals surface area contributed by atoms with Gasteiger partial charge in [0.05, 0.1) is 11.9 Å². The fraction of sp³-hybridized carbons (Fsp3) is 0.438. The maximum atomic E-state index is 5.87. The SMILES string of the molecule is Cc1cccc(-c2cnc(C(CN)CC(C)C)[nH]2)c1. The Balaban J connectivity index is 2.23. The number of rotatable bonds is 5. The zero-order valence-electron chi connectivity index (χ0n) is 12.0. The van der Waals surface area contributed by atoms with Crippen LogP contribution in [0.1, 0.15) is 37.6 Å². The van der Waals surface area contributed by atoms with Gasteiger partial charge in [-0.2, -0.15) is 0 Å². The molecule has 0 saturated carbocycles. The Bertz CT molecular complexity index is 528. The molecule has 0 saturated heterocycles. The molecule has 3 heteroatoms. The lowest BCUT2D eigenvalue weighted by atomic mass is 9.97. The highest BCUT2D eigenvalue weighted by Crippen LogP contribution is 2.24. The Morgan fingerprint density at radius 2 is 2.11 bits per heavy atom. The first-order valence-electron chi connectivity index (χ1n) is 6.92. The molecule has 0 fully saturated rings. The number of hydrogen-bond donors (Lipinski definition) is 2. The first kappa shape index (κ1) is 13.8. The molecule has 2 aromatic rings. The second kappa shape index (κ2) is 6.02. The van der Waals surface area contributed by atoms with E-state index < -0.39 is 0 Å². The molecule has 0 aliphatic heterocycles. The molecule has 1 heterocycles. The van der Waals surface area contributed by atoms with Crippen LogP contribution >= 0.6 is 0 Å². The standard InChI is InChI=1S/C16H23N3/c1-11(2)7-14(9-17)16-18-10-15(19-16)13-6-4-5-12(3)8-13/h4-6,8,10-11,14H,7,9,17H2,1-3H3,(H,18,19). The van der Waals surface area contributed by atoms with E-state index in [1.165, 1.54) is 11.1 Å². The molecular formula is C16H23N3. The van der Waals surface area contributed by atoms with E-state index in [1.54, 1.807) is 0 Å². The topological polar surface area (TPSA) is 54.7 Å². The number of H-pyrrole nitrogens is 1. The summed E-state index contributed by atoms with van der Waals surface area (Å²) in [5.74, 6) is 1.95. The molecular weight excluding hydrogens is 234 g/mol. The molecule has 2 rings (SSSR count). The summed E-state index contributed by atoms with van der Waals surface area (Å²) in [6.07, 6.45) is 2.98. The molecule has 0 amide bonds.